The molecule has 0 radical (unpaired) electrons. The molecule has 1 heterocycles. The fourth-order valence-corrected chi connectivity index (χ4v) is 5.03. The standard InChI is InChI=1S/C23H27N3O4S/c1-17(2)18-6-8-22(9-7-18)31(28,29)26-13-10-19(11-14-26)23(27)25-20-4-3-5-21(16-20)30-15-12-24/h3-9,16-17,19H,10-11,13-15H2,1-2H3,(H,25,27). The van der Waals surface area contributed by atoms with Gasteiger partial charge in [-0.1, -0.05) is 32.0 Å². The van der Waals surface area contributed by atoms with Crippen molar-refractivity contribution < 1.29 is 17.9 Å². The van der Waals surface area contributed by atoms with Crippen LogP contribution < -0.4 is 10.1 Å². The zero-order valence-electron chi connectivity index (χ0n) is 17.7. The van der Waals surface area contributed by atoms with E-state index in [0.717, 1.165) is 5.56 Å². The van der Waals surface area contributed by atoms with Gasteiger partial charge in [-0.3, -0.25) is 4.79 Å². The average molecular weight is 442 g/mol. The van der Waals surface area contributed by atoms with Gasteiger partial charge in [0.25, 0.3) is 0 Å². The molecule has 1 amide bonds. The maximum Gasteiger partial charge on any atom is 0.243 e. The van der Waals surface area contributed by atoms with Crippen LogP contribution in [-0.4, -0.2) is 38.3 Å². The number of nitrogens with one attached hydrogen (secondary N) is 1. The summed E-state index contributed by atoms with van der Waals surface area (Å²) in [6, 6.07) is 15.8. The van der Waals surface area contributed by atoms with E-state index in [4.69, 9.17) is 10.00 Å². The van der Waals surface area contributed by atoms with Crippen LogP contribution in [0, 0.1) is 17.2 Å². The molecule has 7 nitrogen and oxygen atoms in total. The minimum absolute atomic E-state index is 0.0650. The molecule has 0 aromatic heterocycles. The molecule has 1 aliphatic rings. The summed E-state index contributed by atoms with van der Waals surface area (Å²) >= 11 is 0. The first-order chi connectivity index (χ1) is 14.8. The molecule has 8 heteroatoms. The summed E-state index contributed by atoms with van der Waals surface area (Å²) in [4.78, 5) is 12.9. The number of benzene rings is 2. The number of nitrogens with zero attached hydrogens (tertiary/aromatic N) is 2. The van der Waals surface area contributed by atoms with Crippen molar-refractivity contribution in [1.29, 1.82) is 5.26 Å². The Kier molecular flexibility index (Phi) is 7.31. The minimum atomic E-state index is -3.57. The van der Waals surface area contributed by atoms with Gasteiger partial charge in [-0.25, -0.2) is 8.42 Å². The van der Waals surface area contributed by atoms with Gasteiger partial charge in [-0.05, 0) is 48.6 Å². The van der Waals surface area contributed by atoms with Crippen molar-refractivity contribution in [2.24, 2.45) is 5.92 Å². The number of hydrogen-bond donors (Lipinski definition) is 1. The normalized spacial score (nSPS) is 15.4. The van der Waals surface area contributed by atoms with Crippen LogP contribution in [0.2, 0.25) is 0 Å². The largest absolute Gasteiger partial charge is 0.479 e. The average Bonchev–Trinajstić information content (AvgIpc) is 2.78. The van der Waals surface area contributed by atoms with Gasteiger partial charge in [0.2, 0.25) is 15.9 Å². The highest BCUT2D eigenvalue weighted by molar-refractivity contribution is 7.89. The highest BCUT2D eigenvalue weighted by atomic mass is 32.2. The van der Waals surface area contributed by atoms with Crippen LogP contribution in [0.4, 0.5) is 5.69 Å². The second-order valence-corrected chi connectivity index (χ2v) is 9.80. The number of amides is 1. The number of carbonyl (C=O) groups is 1. The van der Waals surface area contributed by atoms with Gasteiger partial charge in [0.05, 0.1) is 4.90 Å². The number of carbonyl (C=O) groups excluding carboxylic acids is 1. The lowest BCUT2D eigenvalue weighted by atomic mass is 9.97. The van der Waals surface area contributed by atoms with Crippen LogP contribution >= 0.6 is 0 Å². The smallest absolute Gasteiger partial charge is 0.243 e. The van der Waals surface area contributed by atoms with Gasteiger partial charge < -0.3 is 10.1 Å². The van der Waals surface area contributed by atoms with Crippen molar-refractivity contribution in [3.05, 3.63) is 54.1 Å². The highest BCUT2D eigenvalue weighted by Gasteiger charge is 2.32. The van der Waals surface area contributed by atoms with Crippen molar-refractivity contribution in [1.82, 2.24) is 4.31 Å². The monoisotopic (exact) mass is 441 g/mol. The first-order valence-corrected chi connectivity index (χ1v) is 11.8. The van der Waals surface area contributed by atoms with Gasteiger partial charge in [0.15, 0.2) is 6.61 Å². The third-order valence-electron chi connectivity index (χ3n) is 5.41. The minimum Gasteiger partial charge on any atom is -0.479 e. The molecule has 0 spiro atoms. The van der Waals surface area contributed by atoms with Crippen molar-refractivity contribution in [2.45, 2.75) is 37.5 Å². The van der Waals surface area contributed by atoms with Crippen LogP contribution in [0.15, 0.2) is 53.4 Å². The quantitative estimate of drug-likeness (QED) is 0.705. The van der Waals surface area contributed by atoms with E-state index in [-0.39, 0.29) is 23.3 Å². The van der Waals surface area contributed by atoms with Crippen molar-refractivity contribution in [2.75, 3.05) is 25.0 Å². The predicted molar refractivity (Wildman–Crippen MR) is 118 cm³/mol. The molecule has 3 rings (SSSR count). The number of hydrogen-bond acceptors (Lipinski definition) is 5. The summed E-state index contributed by atoms with van der Waals surface area (Å²) in [5.41, 5.74) is 1.68. The number of nitriles is 1. The molecular weight excluding hydrogens is 414 g/mol. The Morgan fingerprint density at radius 3 is 2.48 bits per heavy atom. The summed E-state index contributed by atoms with van der Waals surface area (Å²) in [7, 11) is -3.57. The van der Waals surface area contributed by atoms with E-state index in [9.17, 15) is 13.2 Å². The molecule has 164 valence electrons. The third-order valence-corrected chi connectivity index (χ3v) is 7.33. The number of piperidine rings is 1. The number of rotatable bonds is 7. The Hall–Kier alpha value is -2.89. The van der Waals surface area contributed by atoms with E-state index in [1.165, 1.54) is 4.31 Å². The zero-order chi connectivity index (χ0) is 22.4. The summed E-state index contributed by atoms with van der Waals surface area (Å²) in [5.74, 6) is 0.433. The Bertz CT molecular complexity index is 1050. The topological polar surface area (TPSA) is 99.5 Å². The Labute approximate surface area is 183 Å². The van der Waals surface area contributed by atoms with Crippen LogP contribution in [0.3, 0.4) is 0 Å². The van der Waals surface area contributed by atoms with Gasteiger partial charge in [0.1, 0.15) is 11.8 Å². The zero-order valence-corrected chi connectivity index (χ0v) is 18.6. The molecule has 31 heavy (non-hydrogen) atoms. The van der Waals surface area contributed by atoms with Gasteiger partial charge >= 0.3 is 0 Å². The molecule has 1 aliphatic heterocycles. The van der Waals surface area contributed by atoms with Crippen LogP contribution in [0.1, 0.15) is 38.2 Å². The van der Waals surface area contributed by atoms with Gasteiger partial charge in [0, 0.05) is 30.8 Å². The first kappa shape index (κ1) is 22.8. The summed E-state index contributed by atoms with van der Waals surface area (Å²) < 4.78 is 32.6. The molecule has 0 atom stereocenters. The van der Waals surface area contributed by atoms with Crippen molar-refractivity contribution in [3.8, 4) is 11.8 Å². The second kappa shape index (κ2) is 9.94. The first-order valence-electron chi connectivity index (χ1n) is 10.3. The molecule has 1 fully saturated rings. The fourth-order valence-electron chi connectivity index (χ4n) is 3.56. The van der Waals surface area contributed by atoms with Gasteiger partial charge in [-0.15, -0.1) is 0 Å². The maximum atomic E-state index is 12.9. The van der Waals surface area contributed by atoms with E-state index in [2.05, 4.69) is 19.2 Å². The number of ether oxygens (including phenoxy) is 1. The van der Waals surface area contributed by atoms with E-state index in [1.54, 1.807) is 36.4 Å². The highest BCUT2D eigenvalue weighted by Crippen LogP contribution is 2.26. The molecule has 0 unspecified atom stereocenters. The summed E-state index contributed by atoms with van der Waals surface area (Å²) in [6.45, 7) is 4.67. The molecular formula is C23H27N3O4S. The molecule has 0 aliphatic carbocycles. The summed E-state index contributed by atoms with van der Waals surface area (Å²) in [5, 5.41) is 11.5. The fraction of sp³-hybridized carbons (Fsp3) is 0.391. The van der Waals surface area contributed by atoms with Crippen LogP contribution in [0.25, 0.3) is 0 Å². The molecule has 0 saturated carbocycles. The lowest BCUT2D eigenvalue weighted by molar-refractivity contribution is -0.120. The van der Waals surface area contributed by atoms with Gasteiger partial charge in [-0.2, -0.15) is 9.57 Å². The Morgan fingerprint density at radius 2 is 1.87 bits per heavy atom. The molecule has 2 aromatic rings. The molecule has 2 aromatic carbocycles. The van der Waals surface area contributed by atoms with Crippen molar-refractivity contribution >= 4 is 21.6 Å². The lowest BCUT2D eigenvalue weighted by Gasteiger charge is -2.30. The SMILES string of the molecule is CC(C)c1ccc(S(=O)(=O)N2CCC(C(=O)Nc3cccc(OCC#N)c3)CC2)cc1. The lowest BCUT2D eigenvalue weighted by Crippen LogP contribution is -2.41. The van der Waals surface area contributed by atoms with E-state index in [1.807, 2.05) is 18.2 Å². The molecule has 1 N–H and O–H groups in total. The Balaban J connectivity index is 1.58. The number of sulfonamides is 1. The van der Waals surface area contributed by atoms with Crippen LogP contribution in [-0.2, 0) is 14.8 Å². The van der Waals surface area contributed by atoms with E-state index >= 15 is 0 Å². The molecule has 0 bridgehead atoms. The second-order valence-electron chi connectivity index (χ2n) is 7.87. The maximum absolute atomic E-state index is 12.9. The van der Waals surface area contributed by atoms with Crippen molar-refractivity contribution in [3.63, 3.8) is 0 Å². The van der Waals surface area contributed by atoms with E-state index in [0.29, 0.717) is 43.3 Å². The third kappa shape index (κ3) is 5.63. The summed E-state index contributed by atoms with van der Waals surface area (Å²) in [6.07, 6.45) is 0.916. The van der Waals surface area contributed by atoms with Crippen LogP contribution in [0.5, 0.6) is 5.75 Å². The predicted octanol–water partition coefficient (Wildman–Crippen LogP) is 3.75. The number of anilines is 1. The van der Waals surface area contributed by atoms with E-state index < -0.39 is 10.0 Å². The Morgan fingerprint density at radius 1 is 1.19 bits per heavy atom. The molecule has 1 saturated heterocycles.